The average molecular weight is 307 g/mol. The highest BCUT2D eigenvalue weighted by Crippen LogP contribution is 2.38. The third-order valence-electron chi connectivity index (χ3n) is 3.45. The molecule has 5 heteroatoms. The molecule has 0 saturated carbocycles. The van der Waals surface area contributed by atoms with Crippen molar-refractivity contribution in [2.45, 2.75) is 12.2 Å². The number of fused-ring (bicyclic) bond motifs is 1. The predicted octanol–water partition coefficient (Wildman–Crippen LogP) is 4.97. The maximum absolute atomic E-state index is 13.1. The van der Waals surface area contributed by atoms with E-state index in [2.05, 4.69) is 0 Å². The molecule has 0 fully saturated rings. The molecule has 3 aromatic rings. The standard InChI is InChI=1S/C16H12F3NS/c17-16(18,19)13-7-2-1-5-11(13)14(20)12-6-3-4-10-8-9-21-15(10)12/h1-9,14H,20H2. The van der Waals surface area contributed by atoms with Crippen LogP contribution in [0.15, 0.2) is 53.9 Å². The number of nitrogens with two attached hydrogens (primary N) is 1. The minimum absolute atomic E-state index is 0.103. The fourth-order valence-corrected chi connectivity index (χ4v) is 3.41. The summed E-state index contributed by atoms with van der Waals surface area (Å²) < 4.78 is 40.3. The Bertz CT molecular complexity index is 776. The first-order valence-electron chi connectivity index (χ1n) is 6.36. The molecule has 0 radical (unpaired) electrons. The number of thiophene rings is 1. The van der Waals surface area contributed by atoms with E-state index in [1.165, 1.54) is 23.5 Å². The summed E-state index contributed by atoms with van der Waals surface area (Å²) in [7, 11) is 0. The van der Waals surface area contributed by atoms with E-state index in [1.807, 2.05) is 23.6 Å². The first-order chi connectivity index (χ1) is 9.98. The molecule has 3 rings (SSSR count). The zero-order chi connectivity index (χ0) is 15.0. The molecule has 21 heavy (non-hydrogen) atoms. The lowest BCUT2D eigenvalue weighted by molar-refractivity contribution is -0.138. The average Bonchev–Trinajstić information content (AvgIpc) is 2.94. The first kappa shape index (κ1) is 14.1. The highest BCUT2D eigenvalue weighted by Gasteiger charge is 2.34. The summed E-state index contributed by atoms with van der Waals surface area (Å²) in [5.41, 5.74) is 6.29. The van der Waals surface area contributed by atoms with E-state index in [0.29, 0.717) is 0 Å². The smallest absolute Gasteiger partial charge is 0.320 e. The maximum Gasteiger partial charge on any atom is 0.416 e. The molecular formula is C16H12F3NS. The maximum atomic E-state index is 13.1. The Hall–Kier alpha value is -1.85. The first-order valence-corrected chi connectivity index (χ1v) is 7.24. The summed E-state index contributed by atoms with van der Waals surface area (Å²) in [4.78, 5) is 0. The van der Waals surface area contributed by atoms with Crippen LogP contribution in [0.4, 0.5) is 13.2 Å². The summed E-state index contributed by atoms with van der Waals surface area (Å²) in [5.74, 6) is 0. The molecule has 0 spiro atoms. The number of hydrogen-bond acceptors (Lipinski definition) is 2. The lowest BCUT2D eigenvalue weighted by Gasteiger charge is -2.19. The van der Waals surface area contributed by atoms with Gasteiger partial charge in [-0.3, -0.25) is 0 Å². The second kappa shape index (κ2) is 5.16. The summed E-state index contributed by atoms with van der Waals surface area (Å²) in [5, 5.41) is 2.91. The number of alkyl halides is 3. The molecule has 1 unspecified atom stereocenters. The second-order valence-electron chi connectivity index (χ2n) is 4.75. The lowest BCUT2D eigenvalue weighted by atomic mass is 9.94. The second-order valence-corrected chi connectivity index (χ2v) is 5.66. The van der Waals surface area contributed by atoms with E-state index in [4.69, 9.17) is 5.73 Å². The van der Waals surface area contributed by atoms with Gasteiger partial charge in [-0.15, -0.1) is 11.3 Å². The van der Waals surface area contributed by atoms with E-state index < -0.39 is 17.8 Å². The molecular weight excluding hydrogens is 295 g/mol. The molecule has 2 aromatic carbocycles. The molecule has 0 bridgehead atoms. The van der Waals surface area contributed by atoms with Crippen molar-refractivity contribution in [3.63, 3.8) is 0 Å². The van der Waals surface area contributed by atoms with Crippen molar-refractivity contribution in [3.05, 3.63) is 70.6 Å². The van der Waals surface area contributed by atoms with Gasteiger partial charge in [0.1, 0.15) is 0 Å². The van der Waals surface area contributed by atoms with Gasteiger partial charge in [0.15, 0.2) is 0 Å². The molecule has 0 amide bonds. The largest absolute Gasteiger partial charge is 0.416 e. The number of benzene rings is 2. The third-order valence-corrected chi connectivity index (χ3v) is 4.43. The summed E-state index contributed by atoms with van der Waals surface area (Å²) in [6.45, 7) is 0. The van der Waals surface area contributed by atoms with Crippen LogP contribution in [0.1, 0.15) is 22.7 Å². The molecule has 0 aliphatic heterocycles. The van der Waals surface area contributed by atoms with Gasteiger partial charge in [0.05, 0.1) is 11.6 Å². The van der Waals surface area contributed by atoms with Crippen molar-refractivity contribution >= 4 is 21.4 Å². The highest BCUT2D eigenvalue weighted by atomic mass is 32.1. The summed E-state index contributed by atoms with van der Waals surface area (Å²) in [6, 6.07) is 12.2. The van der Waals surface area contributed by atoms with Gasteiger partial charge in [-0.25, -0.2) is 0 Å². The van der Waals surface area contributed by atoms with Gasteiger partial charge in [-0.05, 0) is 34.0 Å². The van der Waals surface area contributed by atoms with Crippen molar-refractivity contribution < 1.29 is 13.2 Å². The number of hydrogen-bond donors (Lipinski definition) is 1. The van der Waals surface area contributed by atoms with Gasteiger partial charge < -0.3 is 5.73 Å². The van der Waals surface area contributed by atoms with Crippen LogP contribution >= 0.6 is 11.3 Å². The van der Waals surface area contributed by atoms with E-state index in [-0.39, 0.29) is 5.56 Å². The Labute approximate surface area is 123 Å². The fraction of sp³-hybridized carbons (Fsp3) is 0.125. The van der Waals surface area contributed by atoms with Gasteiger partial charge in [0.2, 0.25) is 0 Å². The highest BCUT2D eigenvalue weighted by molar-refractivity contribution is 7.17. The molecule has 1 aromatic heterocycles. The number of rotatable bonds is 2. The van der Waals surface area contributed by atoms with Gasteiger partial charge >= 0.3 is 6.18 Å². The van der Waals surface area contributed by atoms with Gasteiger partial charge in [-0.1, -0.05) is 36.4 Å². The van der Waals surface area contributed by atoms with Crippen LogP contribution in [-0.4, -0.2) is 0 Å². The van der Waals surface area contributed by atoms with Crippen molar-refractivity contribution in [1.82, 2.24) is 0 Å². The third kappa shape index (κ3) is 2.54. The van der Waals surface area contributed by atoms with Crippen LogP contribution in [0.3, 0.4) is 0 Å². The zero-order valence-corrected chi connectivity index (χ0v) is 11.7. The van der Waals surface area contributed by atoms with E-state index in [1.54, 1.807) is 12.1 Å². The molecule has 0 saturated heterocycles. The zero-order valence-electron chi connectivity index (χ0n) is 10.9. The van der Waals surface area contributed by atoms with Crippen LogP contribution in [0, 0.1) is 0 Å². The van der Waals surface area contributed by atoms with E-state index in [0.717, 1.165) is 21.7 Å². The molecule has 1 nitrogen and oxygen atoms in total. The predicted molar refractivity (Wildman–Crippen MR) is 79.3 cm³/mol. The van der Waals surface area contributed by atoms with E-state index in [9.17, 15) is 13.2 Å². The topological polar surface area (TPSA) is 26.0 Å². The van der Waals surface area contributed by atoms with Crippen molar-refractivity contribution in [2.75, 3.05) is 0 Å². The molecule has 1 heterocycles. The molecule has 0 aliphatic carbocycles. The summed E-state index contributed by atoms with van der Waals surface area (Å²) >= 11 is 1.49. The minimum atomic E-state index is -4.41. The van der Waals surface area contributed by atoms with E-state index >= 15 is 0 Å². The SMILES string of the molecule is NC(c1ccccc1C(F)(F)F)c1cccc2ccsc12. The lowest BCUT2D eigenvalue weighted by Crippen LogP contribution is -2.18. The minimum Gasteiger partial charge on any atom is -0.320 e. The van der Waals surface area contributed by atoms with Crippen molar-refractivity contribution in [2.24, 2.45) is 5.73 Å². The molecule has 0 aliphatic rings. The van der Waals surface area contributed by atoms with Crippen LogP contribution in [0.2, 0.25) is 0 Å². The van der Waals surface area contributed by atoms with Crippen LogP contribution in [-0.2, 0) is 6.18 Å². The summed E-state index contributed by atoms with van der Waals surface area (Å²) in [6.07, 6.45) is -4.41. The Balaban J connectivity index is 2.15. The van der Waals surface area contributed by atoms with Crippen molar-refractivity contribution in [1.29, 1.82) is 0 Å². The monoisotopic (exact) mass is 307 g/mol. The van der Waals surface area contributed by atoms with Crippen LogP contribution < -0.4 is 5.73 Å². The number of halogens is 3. The van der Waals surface area contributed by atoms with Gasteiger partial charge in [0, 0.05) is 4.70 Å². The van der Waals surface area contributed by atoms with Crippen LogP contribution in [0.25, 0.3) is 10.1 Å². The van der Waals surface area contributed by atoms with Crippen LogP contribution in [0.5, 0.6) is 0 Å². The normalized spacial score (nSPS) is 13.5. The Kier molecular flexibility index (Phi) is 3.47. The fourth-order valence-electron chi connectivity index (χ4n) is 2.45. The Morgan fingerprint density at radius 2 is 1.62 bits per heavy atom. The molecule has 2 N–H and O–H groups in total. The van der Waals surface area contributed by atoms with Gasteiger partial charge in [0.25, 0.3) is 0 Å². The molecule has 1 atom stereocenters. The molecule has 108 valence electrons. The quantitative estimate of drug-likeness (QED) is 0.711. The Morgan fingerprint density at radius 1 is 0.905 bits per heavy atom. The van der Waals surface area contributed by atoms with Gasteiger partial charge in [-0.2, -0.15) is 13.2 Å². The Morgan fingerprint density at radius 3 is 2.38 bits per heavy atom. The van der Waals surface area contributed by atoms with Crippen molar-refractivity contribution in [3.8, 4) is 0 Å².